The van der Waals surface area contributed by atoms with E-state index in [1.165, 1.54) is 18.2 Å². The maximum absolute atomic E-state index is 13.0. The van der Waals surface area contributed by atoms with Crippen molar-refractivity contribution >= 4 is 11.5 Å². The highest BCUT2D eigenvalue weighted by Gasteiger charge is 2.10. The van der Waals surface area contributed by atoms with Crippen molar-refractivity contribution in [1.29, 1.82) is 0 Å². The van der Waals surface area contributed by atoms with Gasteiger partial charge in [0.25, 0.3) is 0 Å². The molecule has 0 atom stereocenters. The third kappa shape index (κ3) is 4.67. The van der Waals surface area contributed by atoms with Crippen LogP contribution < -0.4 is 5.73 Å². The molecule has 0 spiro atoms. The molecule has 0 saturated carbocycles. The highest BCUT2D eigenvalue weighted by molar-refractivity contribution is 5.96. The number of benzene rings is 1. The average Bonchev–Trinajstić information content (AvgIpc) is 2.39. The molecule has 0 aliphatic rings. The molecule has 0 aliphatic heterocycles. The van der Waals surface area contributed by atoms with Gasteiger partial charge in [-0.3, -0.25) is 9.69 Å². The van der Waals surface area contributed by atoms with Gasteiger partial charge in [0.2, 0.25) is 0 Å². The molecule has 0 heterocycles. The number of nitrogens with two attached hydrogens (primary N) is 1. The summed E-state index contributed by atoms with van der Waals surface area (Å²) in [4.78, 5) is 14.0. The first-order valence-electron chi connectivity index (χ1n) is 6.11. The molecule has 0 unspecified atom stereocenters. The first-order chi connectivity index (χ1) is 9.08. The Kier molecular flexibility index (Phi) is 5.96. The van der Waals surface area contributed by atoms with Crippen LogP contribution in [0.5, 0.6) is 0 Å². The fraction of sp³-hybridized carbons (Fsp3) is 0.267. The number of Topliss-reactive ketones (excluding diaryl/α,β-unsaturated/α-hetero) is 1. The van der Waals surface area contributed by atoms with Crippen molar-refractivity contribution in [2.24, 2.45) is 0 Å². The third-order valence-electron chi connectivity index (χ3n) is 2.75. The molecule has 0 aromatic heterocycles. The molecule has 2 N–H and O–H groups in total. The Morgan fingerprint density at radius 1 is 1.32 bits per heavy atom. The first-order valence-corrected chi connectivity index (χ1v) is 6.11. The van der Waals surface area contributed by atoms with E-state index in [2.05, 4.69) is 13.2 Å². The number of nitrogen functional groups attached to an aromatic ring is 1. The summed E-state index contributed by atoms with van der Waals surface area (Å²) in [6.45, 7) is 9.34. The van der Waals surface area contributed by atoms with Crippen LogP contribution in [0.1, 0.15) is 16.8 Å². The van der Waals surface area contributed by atoms with Gasteiger partial charge >= 0.3 is 0 Å². The van der Waals surface area contributed by atoms with E-state index in [0.29, 0.717) is 31.6 Å². The topological polar surface area (TPSA) is 46.3 Å². The minimum atomic E-state index is -0.503. The van der Waals surface area contributed by atoms with Crippen molar-refractivity contribution in [3.8, 4) is 0 Å². The monoisotopic (exact) mass is 262 g/mol. The van der Waals surface area contributed by atoms with E-state index in [1.54, 1.807) is 12.2 Å². The lowest BCUT2D eigenvalue weighted by Crippen LogP contribution is -2.26. The zero-order valence-corrected chi connectivity index (χ0v) is 10.9. The molecule has 1 aromatic carbocycles. The third-order valence-corrected chi connectivity index (χ3v) is 2.75. The average molecular weight is 262 g/mol. The Bertz CT molecular complexity index is 461. The lowest BCUT2D eigenvalue weighted by atomic mass is 10.1. The van der Waals surface area contributed by atoms with Gasteiger partial charge in [-0.05, 0) is 18.2 Å². The normalized spacial score (nSPS) is 10.4. The van der Waals surface area contributed by atoms with Gasteiger partial charge in [0.1, 0.15) is 5.82 Å². The number of rotatable bonds is 8. The zero-order valence-electron chi connectivity index (χ0n) is 10.9. The fourth-order valence-electron chi connectivity index (χ4n) is 1.74. The van der Waals surface area contributed by atoms with E-state index >= 15 is 0 Å². The summed E-state index contributed by atoms with van der Waals surface area (Å²) in [6.07, 6.45) is 3.92. The Balaban J connectivity index is 2.60. The molecule has 19 heavy (non-hydrogen) atoms. The molecule has 1 rings (SSSR count). The van der Waals surface area contributed by atoms with Gasteiger partial charge in [0.15, 0.2) is 5.78 Å². The second-order valence-electron chi connectivity index (χ2n) is 4.25. The van der Waals surface area contributed by atoms with Gasteiger partial charge in [0.05, 0.1) is 5.69 Å². The van der Waals surface area contributed by atoms with E-state index < -0.39 is 5.82 Å². The molecule has 0 bridgehead atoms. The number of hydrogen-bond donors (Lipinski definition) is 1. The van der Waals surface area contributed by atoms with Gasteiger partial charge in [-0.15, -0.1) is 13.2 Å². The Morgan fingerprint density at radius 2 is 1.95 bits per heavy atom. The highest BCUT2D eigenvalue weighted by atomic mass is 19.1. The molecule has 3 nitrogen and oxygen atoms in total. The van der Waals surface area contributed by atoms with E-state index in [1.807, 2.05) is 4.90 Å². The second kappa shape index (κ2) is 7.48. The molecule has 0 amide bonds. The van der Waals surface area contributed by atoms with Gasteiger partial charge in [-0.1, -0.05) is 12.2 Å². The molecule has 1 aromatic rings. The standard InChI is InChI=1S/C15H19FN2O/c1-3-8-18(9-4-2)10-7-15(19)12-5-6-13(16)14(17)11-12/h3-6,11H,1-2,7-10,17H2. The second-order valence-corrected chi connectivity index (χ2v) is 4.25. The summed E-state index contributed by atoms with van der Waals surface area (Å²) in [5.74, 6) is -0.554. The van der Waals surface area contributed by atoms with Crippen molar-refractivity contribution < 1.29 is 9.18 Å². The number of carbonyl (C=O) groups is 1. The van der Waals surface area contributed by atoms with Crippen molar-refractivity contribution in [3.05, 3.63) is 54.9 Å². The molecule has 0 saturated heterocycles. The van der Waals surface area contributed by atoms with E-state index in [4.69, 9.17) is 5.73 Å². The van der Waals surface area contributed by atoms with Crippen molar-refractivity contribution in [2.75, 3.05) is 25.4 Å². The maximum atomic E-state index is 13.0. The summed E-state index contributed by atoms with van der Waals surface area (Å²) < 4.78 is 13.0. The lowest BCUT2D eigenvalue weighted by Gasteiger charge is -2.17. The van der Waals surface area contributed by atoms with Gasteiger partial charge in [0, 0.05) is 31.6 Å². The molecule has 4 heteroatoms. The summed E-state index contributed by atoms with van der Waals surface area (Å²) in [5.41, 5.74) is 5.89. The largest absolute Gasteiger partial charge is 0.396 e. The van der Waals surface area contributed by atoms with Crippen LogP contribution in [0, 0.1) is 5.82 Å². The Labute approximate surface area is 113 Å². The van der Waals surface area contributed by atoms with Gasteiger partial charge in [-0.25, -0.2) is 4.39 Å². The summed E-state index contributed by atoms with van der Waals surface area (Å²) in [7, 11) is 0. The number of nitrogens with zero attached hydrogens (tertiary/aromatic N) is 1. The quantitative estimate of drug-likeness (QED) is 0.445. The van der Waals surface area contributed by atoms with E-state index in [0.717, 1.165) is 0 Å². The van der Waals surface area contributed by atoms with Crippen molar-refractivity contribution in [3.63, 3.8) is 0 Å². The van der Waals surface area contributed by atoms with Crippen LogP contribution >= 0.6 is 0 Å². The predicted molar refractivity (Wildman–Crippen MR) is 76.6 cm³/mol. The molecular formula is C15H19FN2O. The van der Waals surface area contributed by atoms with E-state index in [9.17, 15) is 9.18 Å². The minimum Gasteiger partial charge on any atom is -0.396 e. The van der Waals surface area contributed by atoms with Crippen LogP contribution in [0.15, 0.2) is 43.5 Å². The zero-order chi connectivity index (χ0) is 14.3. The van der Waals surface area contributed by atoms with Crippen LogP contribution in [0.3, 0.4) is 0 Å². The molecule has 0 aliphatic carbocycles. The van der Waals surface area contributed by atoms with Crippen LogP contribution in [-0.2, 0) is 0 Å². The number of anilines is 1. The predicted octanol–water partition coefficient (Wildman–Crippen LogP) is 2.65. The number of ketones is 1. The van der Waals surface area contributed by atoms with Crippen LogP contribution in [0.4, 0.5) is 10.1 Å². The van der Waals surface area contributed by atoms with Crippen LogP contribution in [-0.4, -0.2) is 30.3 Å². The molecule has 0 fully saturated rings. The fourth-order valence-corrected chi connectivity index (χ4v) is 1.74. The van der Waals surface area contributed by atoms with E-state index in [-0.39, 0.29) is 11.5 Å². The number of carbonyl (C=O) groups excluding carboxylic acids is 1. The summed E-state index contributed by atoms with van der Waals surface area (Å²) in [6, 6.07) is 4.05. The number of halogens is 1. The van der Waals surface area contributed by atoms with Crippen molar-refractivity contribution in [1.82, 2.24) is 4.90 Å². The first kappa shape index (κ1) is 15.1. The molecule has 0 radical (unpaired) electrons. The van der Waals surface area contributed by atoms with Gasteiger partial charge in [-0.2, -0.15) is 0 Å². The highest BCUT2D eigenvalue weighted by Crippen LogP contribution is 2.14. The SMILES string of the molecule is C=CCN(CC=C)CCC(=O)c1ccc(F)c(N)c1. The van der Waals surface area contributed by atoms with Gasteiger partial charge < -0.3 is 5.73 Å². The smallest absolute Gasteiger partial charge is 0.164 e. The van der Waals surface area contributed by atoms with Crippen molar-refractivity contribution in [2.45, 2.75) is 6.42 Å². The molecular weight excluding hydrogens is 243 g/mol. The lowest BCUT2D eigenvalue weighted by molar-refractivity contribution is 0.0968. The Morgan fingerprint density at radius 3 is 2.47 bits per heavy atom. The summed E-state index contributed by atoms with van der Waals surface area (Å²) >= 11 is 0. The Hall–Kier alpha value is -1.94. The maximum Gasteiger partial charge on any atom is 0.164 e. The van der Waals surface area contributed by atoms with Crippen LogP contribution in [0.2, 0.25) is 0 Å². The summed E-state index contributed by atoms with van der Waals surface area (Å²) in [5, 5.41) is 0. The minimum absolute atomic E-state index is 0.000103. The van der Waals surface area contributed by atoms with Crippen LogP contribution in [0.25, 0.3) is 0 Å². The number of hydrogen-bond acceptors (Lipinski definition) is 3. The molecule has 102 valence electrons.